The van der Waals surface area contributed by atoms with Gasteiger partial charge >= 0.3 is 0 Å². The van der Waals surface area contributed by atoms with Crippen LogP contribution in [0.15, 0.2) is 30.6 Å². The van der Waals surface area contributed by atoms with Crippen molar-refractivity contribution in [3.8, 4) is 5.75 Å². The average Bonchev–Trinajstić information content (AvgIpc) is 3.11. The van der Waals surface area contributed by atoms with E-state index in [0.29, 0.717) is 16.3 Å². The number of likely N-dealkylation sites (N-methyl/N-ethyl adjacent to an activating group) is 1. The van der Waals surface area contributed by atoms with E-state index in [-0.39, 0.29) is 5.91 Å². The number of hydrogen-bond acceptors (Lipinski definition) is 6. The summed E-state index contributed by atoms with van der Waals surface area (Å²) >= 11 is 1.42. The highest BCUT2D eigenvalue weighted by atomic mass is 32.1. The van der Waals surface area contributed by atoms with Crippen molar-refractivity contribution >= 4 is 39.0 Å². The number of hydrogen-bond donors (Lipinski definition) is 2. The van der Waals surface area contributed by atoms with Crippen molar-refractivity contribution in [3.05, 3.63) is 41.0 Å². The van der Waals surface area contributed by atoms with Gasteiger partial charge in [0.25, 0.3) is 5.91 Å². The molecule has 3 aromatic rings. The molecule has 0 aliphatic carbocycles. The highest BCUT2D eigenvalue weighted by molar-refractivity contribution is 7.20. The van der Waals surface area contributed by atoms with E-state index < -0.39 is 0 Å². The molecule has 152 valence electrons. The van der Waals surface area contributed by atoms with Crippen LogP contribution in [-0.4, -0.2) is 55.7 Å². The number of methoxy groups -OCH3 is 1. The summed E-state index contributed by atoms with van der Waals surface area (Å²) in [6.45, 7) is 9.51. The van der Waals surface area contributed by atoms with Crippen molar-refractivity contribution in [3.63, 3.8) is 0 Å². The quantitative estimate of drug-likeness (QED) is 0.671. The molecule has 1 amide bonds. The normalized spacial score (nSPS) is 14.9. The number of rotatable bonds is 5. The van der Waals surface area contributed by atoms with Gasteiger partial charge in [-0.1, -0.05) is 6.07 Å². The highest BCUT2D eigenvalue weighted by Crippen LogP contribution is 2.35. The zero-order valence-corrected chi connectivity index (χ0v) is 17.8. The van der Waals surface area contributed by atoms with Crippen molar-refractivity contribution in [1.29, 1.82) is 0 Å². The summed E-state index contributed by atoms with van der Waals surface area (Å²) in [6.07, 6.45) is 1.61. The van der Waals surface area contributed by atoms with E-state index in [1.807, 2.05) is 25.1 Å². The highest BCUT2D eigenvalue weighted by Gasteiger charge is 2.25. The lowest BCUT2D eigenvalue weighted by Gasteiger charge is -2.32. The standard InChI is InChI=1S/C21H25N5O2S/c1-4-25-8-10-26(11-9-25)19-17-14(2)18(29-21(17)23-13-22-19)20(27)24-15-6-5-7-16(12-15)28-3/h5-7,12-13H,4,8-11H2,1-3H3,(H,24,27)/p+1. The summed E-state index contributed by atoms with van der Waals surface area (Å²) in [5.41, 5.74) is 1.64. The summed E-state index contributed by atoms with van der Waals surface area (Å²) < 4.78 is 5.24. The first-order valence-electron chi connectivity index (χ1n) is 9.88. The molecule has 1 aliphatic rings. The van der Waals surface area contributed by atoms with Crippen molar-refractivity contribution in [2.24, 2.45) is 0 Å². The summed E-state index contributed by atoms with van der Waals surface area (Å²) in [6, 6.07) is 7.36. The van der Waals surface area contributed by atoms with Crippen molar-refractivity contribution < 1.29 is 14.4 Å². The first-order valence-corrected chi connectivity index (χ1v) is 10.7. The van der Waals surface area contributed by atoms with Gasteiger partial charge in [0, 0.05) is 11.8 Å². The lowest BCUT2D eigenvalue weighted by molar-refractivity contribution is -0.898. The van der Waals surface area contributed by atoms with Crippen molar-refractivity contribution in [1.82, 2.24) is 9.97 Å². The molecule has 0 saturated carbocycles. The van der Waals surface area contributed by atoms with Gasteiger partial charge in [-0.15, -0.1) is 11.3 Å². The number of thiophene rings is 1. The number of anilines is 2. The molecule has 1 fully saturated rings. The second kappa shape index (κ2) is 8.34. The second-order valence-corrected chi connectivity index (χ2v) is 8.21. The lowest BCUT2D eigenvalue weighted by Crippen LogP contribution is -3.14. The first-order chi connectivity index (χ1) is 14.1. The largest absolute Gasteiger partial charge is 0.497 e. The molecule has 3 heterocycles. The van der Waals surface area contributed by atoms with E-state index >= 15 is 0 Å². The van der Waals surface area contributed by atoms with Crippen LogP contribution < -0.4 is 19.9 Å². The van der Waals surface area contributed by atoms with E-state index in [4.69, 9.17) is 4.74 Å². The van der Waals surface area contributed by atoms with Crippen LogP contribution in [0.4, 0.5) is 11.5 Å². The number of benzene rings is 1. The van der Waals surface area contributed by atoms with Crippen LogP contribution in [0.2, 0.25) is 0 Å². The third kappa shape index (κ3) is 3.90. The lowest BCUT2D eigenvalue weighted by atomic mass is 10.1. The Balaban J connectivity index is 1.63. The number of carbonyl (C=O) groups excluding carboxylic acids is 1. The Kier molecular flexibility index (Phi) is 5.64. The molecular formula is C21H26N5O2S+. The van der Waals surface area contributed by atoms with E-state index in [1.165, 1.54) is 11.3 Å². The monoisotopic (exact) mass is 412 g/mol. The van der Waals surface area contributed by atoms with Gasteiger partial charge in [0.2, 0.25) is 0 Å². The molecule has 0 spiro atoms. The maximum absolute atomic E-state index is 13.0. The molecule has 0 bridgehead atoms. The van der Waals surface area contributed by atoms with Crippen LogP contribution in [0.5, 0.6) is 5.75 Å². The van der Waals surface area contributed by atoms with Crippen LogP contribution in [0.1, 0.15) is 22.2 Å². The van der Waals surface area contributed by atoms with Crippen LogP contribution >= 0.6 is 11.3 Å². The Morgan fingerprint density at radius 3 is 2.83 bits per heavy atom. The third-order valence-electron chi connectivity index (χ3n) is 5.51. The van der Waals surface area contributed by atoms with Gasteiger partial charge in [-0.25, -0.2) is 9.97 Å². The summed E-state index contributed by atoms with van der Waals surface area (Å²) in [5, 5.41) is 3.97. The van der Waals surface area contributed by atoms with Crippen molar-refractivity contribution in [2.45, 2.75) is 13.8 Å². The minimum atomic E-state index is -0.134. The minimum absolute atomic E-state index is 0.134. The smallest absolute Gasteiger partial charge is 0.266 e. The Labute approximate surface area is 174 Å². The number of aryl methyl sites for hydroxylation is 1. The van der Waals surface area contributed by atoms with Crippen LogP contribution in [0.25, 0.3) is 10.2 Å². The number of fused-ring (bicyclic) bond motifs is 1. The number of ether oxygens (including phenoxy) is 1. The Morgan fingerprint density at radius 2 is 2.10 bits per heavy atom. The fourth-order valence-corrected chi connectivity index (χ4v) is 4.82. The van der Waals surface area contributed by atoms with Gasteiger partial charge < -0.3 is 19.9 Å². The Morgan fingerprint density at radius 1 is 1.31 bits per heavy atom. The Hall–Kier alpha value is -2.71. The zero-order valence-electron chi connectivity index (χ0n) is 17.0. The molecule has 1 aliphatic heterocycles. The number of nitrogens with zero attached hydrogens (tertiary/aromatic N) is 3. The molecule has 2 N–H and O–H groups in total. The summed E-state index contributed by atoms with van der Waals surface area (Å²) in [5.74, 6) is 1.52. The first kappa shape index (κ1) is 19.6. The van der Waals surface area contributed by atoms with Gasteiger partial charge in [-0.05, 0) is 31.5 Å². The van der Waals surface area contributed by atoms with E-state index in [0.717, 1.165) is 54.3 Å². The van der Waals surface area contributed by atoms with Gasteiger partial charge in [0.05, 0.1) is 50.1 Å². The fraction of sp³-hybridized carbons (Fsp3) is 0.381. The Bertz CT molecular complexity index is 1030. The van der Waals surface area contributed by atoms with Gasteiger partial charge in [-0.3, -0.25) is 4.79 Å². The maximum Gasteiger partial charge on any atom is 0.266 e. The predicted molar refractivity (Wildman–Crippen MR) is 117 cm³/mol. The molecule has 29 heavy (non-hydrogen) atoms. The third-order valence-corrected chi connectivity index (χ3v) is 6.71. The van der Waals surface area contributed by atoms with Gasteiger partial charge in [-0.2, -0.15) is 0 Å². The van der Waals surface area contributed by atoms with E-state index in [9.17, 15) is 4.79 Å². The number of quaternary nitrogens is 1. The molecule has 2 aromatic heterocycles. The molecule has 1 aromatic carbocycles. The zero-order chi connectivity index (χ0) is 20.4. The molecule has 7 nitrogen and oxygen atoms in total. The fourth-order valence-electron chi connectivity index (χ4n) is 3.79. The molecule has 0 atom stereocenters. The molecule has 1 saturated heterocycles. The van der Waals surface area contributed by atoms with Gasteiger partial charge in [0.1, 0.15) is 22.7 Å². The molecule has 0 unspecified atom stereocenters. The van der Waals surface area contributed by atoms with E-state index in [2.05, 4.69) is 27.1 Å². The van der Waals surface area contributed by atoms with Crippen LogP contribution in [0.3, 0.4) is 0 Å². The molecule has 8 heteroatoms. The number of aromatic nitrogens is 2. The second-order valence-electron chi connectivity index (χ2n) is 7.21. The predicted octanol–water partition coefficient (Wildman–Crippen LogP) is 1.99. The number of amides is 1. The average molecular weight is 413 g/mol. The molecule has 0 radical (unpaired) electrons. The van der Waals surface area contributed by atoms with Crippen LogP contribution in [-0.2, 0) is 0 Å². The molecule has 4 rings (SSSR count). The van der Waals surface area contributed by atoms with Crippen molar-refractivity contribution in [2.75, 3.05) is 50.1 Å². The minimum Gasteiger partial charge on any atom is -0.497 e. The number of piperazine rings is 1. The maximum atomic E-state index is 13.0. The SMILES string of the molecule is CC[NH+]1CCN(c2ncnc3sc(C(=O)Nc4cccc(OC)c4)c(C)c23)CC1. The summed E-state index contributed by atoms with van der Waals surface area (Å²) in [4.78, 5) is 27.5. The molecular weight excluding hydrogens is 386 g/mol. The number of nitrogens with one attached hydrogen (secondary N) is 2. The van der Waals surface area contributed by atoms with Gasteiger partial charge in [0.15, 0.2) is 0 Å². The topological polar surface area (TPSA) is 71.8 Å². The van der Waals surface area contributed by atoms with E-state index in [1.54, 1.807) is 24.4 Å². The van der Waals surface area contributed by atoms with Crippen LogP contribution in [0, 0.1) is 6.92 Å². The summed E-state index contributed by atoms with van der Waals surface area (Å²) in [7, 11) is 1.61. The number of carbonyl (C=O) groups is 1.